The van der Waals surface area contributed by atoms with E-state index in [0.717, 1.165) is 24.2 Å². The van der Waals surface area contributed by atoms with E-state index in [0.29, 0.717) is 33.9 Å². The largest absolute Gasteiger partial charge is 0.497 e. The van der Waals surface area contributed by atoms with Crippen molar-refractivity contribution < 1.29 is 14.1 Å². The summed E-state index contributed by atoms with van der Waals surface area (Å²) >= 11 is 12.1. The molecule has 6 nitrogen and oxygen atoms in total. The van der Waals surface area contributed by atoms with Crippen LogP contribution in [0.5, 0.6) is 5.75 Å². The van der Waals surface area contributed by atoms with Gasteiger partial charge in [0.25, 0.3) is 5.91 Å². The summed E-state index contributed by atoms with van der Waals surface area (Å²) in [4.78, 5) is 19.2. The average Bonchev–Trinajstić information content (AvgIpc) is 3.36. The van der Waals surface area contributed by atoms with Gasteiger partial charge in [0.15, 0.2) is 0 Å². The van der Waals surface area contributed by atoms with Crippen LogP contribution < -0.4 is 4.74 Å². The highest BCUT2D eigenvalue weighted by Gasteiger charge is 2.34. The van der Waals surface area contributed by atoms with Crippen molar-refractivity contribution in [1.29, 1.82) is 0 Å². The fourth-order valence-electron chi connectivity index (χ4n) is 3.34. The summed E-state index contributed by atoms with van der Waals surface area (Å²) in [5, 5.41) is 4.92. The maximum absolute atomic E-state index is 13.0. The molecule has 2 aromatic carbocycles. The third kappa shape index (κ3) is 3.70. The second kappa shape index (κ2) is 7.81. The lowest BCUT2D eigenvalue weighted by Gasteiger charge is -2.22. The van der Waals surface area contributed by atoms with E-state index < -0.39 is 0 Å². The normalized spacial score (nSPS) is 16.4. The fraction of sp³-hybridized carbons (Fsp3) is 0.250. The summed E-state index contributed by atoms with van der Waals surface area (Å²) in [6.07, 6.45) is 1.61. The van der Waals surface area contributed by atoms with Crippen molar-refractivity contribution in [3.8, 4) is 17.1 Å². The van der Waals surface area contributed by atoms with E-state index in [1.807, 2.05) is 24.3 Å². The van der Waals surface area contributed by atoms with Gasteiger partial charge in [0, 0.05) is 27.7 Å². The van der Waals surface area contributed by atoms with Crippen molar-refractivity contribution in [2.75, 3.05) is 13.7 Å². The molecule has 3 aromatic rings. The van der Waals surface area contributed by atoms with E-state index in [1.54, 1.807) is 30.2 Å². The molecule has 4 rings (SSSR count). The first-order valence-electron chi connectivity index (χ1n) is 8.80. The third-order valence-electron chi connectivity index (χ3n) is 4.70. The molecule has 8 heteroatoms. The van der Waals surface area contributed by atoms with Gasteiger partial charge in [-0.25, -0.2) is 0 Å². The zero-order valence-corrected chi connectivity index (χ0v) is 16.6. The maximum atomic E-state index is 13.0. The first-order chi connectivity index (χ1) is 13.5. The van der Waals surface area contributed by atoms with Crippen LogP contribution in [-0.2, 0) is 0 Å². The molecule has 0 saturated carbocycles. The van der Waals surface area contributed by atoms with Gasteiger partial charge in [0.1, 0.15) is 11.8 Å². The molecule has 1 fully saturated rings. The fourth-order valence-corrected chi connectivity index (χ4v) is 3.86. The predicted molar refractivity (Wildman–Crippen MR) is 106 cm³/mol. The maximum Gasteiger partial charge on any atom is 0.254 e. The Morgan fingerprint density at radius 3 is 2.57 bits per heavy atom. The molecule has 1 unspecified atom stereocenters. The number of halogens is 2. The molecule has 0 bridgehead atoms. The minimum Gasteiger partial charge on any atom is -0.497 e. The molecule has 0 radical (unpaired) electrons. The Labute approximate surface area is 172 Å². The molecule has 0 N–H and O–H groups in total. The minimum absolute atomic E-state index is 0.156. The van der Waals surface area contributed by atoms with Gasteiger partial charge >= 0.3 is 0 Å². The van der Waals surface area contributed by atoms with E-state index in [2.05, 4.69) is 10.1 Å². The molecular weight excluding hydrogens is 401 g/mol. The number of amides is 1. The summed E-state index contributed by atoms with van der Waals surface area (Å²) in [5.74, 6) is 1.49. The molecule has 1 saturated heterocycles. The van der Waals surface area contributed by atoms with Gasteiger partial charge in [-0.2, -0.15) is 4.98 Å². The lowest BCUT2D eigenvalue weighted by atomic mass is 10.1. The Bertz CT molecular complexity index is 984. The number of likely N-dealkylation sites (tertiary alicyclic amines) is 1. The minimum atomic E-state index is -0.273. The summed E-state index contributed by atoms with van der Waals surface area (Å²) in [5.41, 5.74) is 1.26. The molecule has 1 aliphatic rings. The molecule has 1 atom stereocenters. The molecule has 0 aliphatic carbocycles. The van der Waals surface area contributed by atoms with Gasteiger partial charge in [-0.1, -0.05) is 28.4 Å². The van der Waals surface area contributed by atoms with Gasteiger partial charge in [-0.15, -0.1) is 0 Å². The predicted octanol–water partition coefficient (Wildman–Crippen LogP) is 5.03. The number of aromatic nitrogens is 2. The first-order valence-corrected chi connectivity index (χ1v) is 9.56. The van der Waals surface area contributed by atoms with Crippen molar-refractivity contribution in [1.82, 2.24) is 15.0 Å². The van der Waals surface area contributed by atoms with Crippen molar-refractivity contribution in [3.05, 3.63) is 64.0 Å². The Kier molecular flexibility index (Phi) is 5.24. The van der Waals surface area contributed by atoms with Crippen LogP contribution in [0.15, 0.2) is 47.0 Å². The van der Waals surface area contributed by atoms with Crippen LogP contribution in [0.2, 0.25) is 10.0 Å². The van der Waals surface area contributed by atoms with E-state index in [-0.39, 0.29) is 11.9 Å². The van der Waals surface area contributed by atoms with E-state index >= 15 is 0 Å². The van der Waals surface area contributed by atoms with Gasteiger partial charge in [-0.3, -0.25) is 4.79 Å². The number of methoxy groups -OCH3 is 1. The third-order valence-corrected chi connectivity index (χ3v) is 5.13. The number of benzene rings is 2. The van der Waals surface area contributed by atoms with Crippen LogP contribution in [0.3, 0.4) is 0 Å². The monoisotopic (exact) mass is 417 g/mol. The van der Waals surface area contributed by atoms with Crippen LogP contribution in [0.1, 0.15) is 35.1 Å². The lowest BCUT2D eigenvalue weighted by molar-refractivity contribution is 0.0710. The molecule has 1 amide bonds. The van der Waals surface area contributed by atoms with E-state index in [4.69, 9.17) is 32.5 Å². The number of nitrogens with zero attached hydrogens (tertiary/aromatic N) is 3. The van der Waals surface area contributed by atoms with Gasteiger partial charge in [0.05, 0.1) is 7.11 Å². The Morgan fingerprint density at radius 2 is 1.89 bits per heavy atom. The molecule has 28 heavy (non-hydrogen) atoms. The van der Waals surface area contributed by atoms with Crippen molar-refractivity contribution in [2.45, 2.75) is 18.9 Å². The second-order valence-electron chi connectivity index (χ2n) is 6.50. The first kappa shape index (κ1) is 18.8. The Balaban J connectivity index is 1.58. The Morgan fingerprint density at radius 1 is 1.18 bits per heavy atom. The molecule has 1 aromatic heterocycles. The number of carbonyl (C=O) groups excluding carboxylic acids is 1. The van der Waals surface area contributed by atoms with Gasteiger partial charge in [-0.05, 0) is 55.3 Å². The molecule has 0 spiro atoms. The quantitative estimate of drug-likeness (QED) is 0.595. The highest BCUT2D eigenvalue weighted by Crippen LogP contribution is 2.34. The van der Waals surface area contributed by atoms with Gasteiger partial charge < -0.3 is 14.2 Å². The standard InChI is InChI=1S/C20H17Cl2N3O3/c1-27-16-6-4-12(5-7-16)18-23-19(28-24-18)17-3-2-8-25(17)20(26)13-9-14(21)11-15(22)10-13/h4-7,9-11,17H,2-3,8H2,1H3. The number of carbonyl (C=O) groups is 1. The Hall–Kier alpha value is -2.57. The van der Waals surface area contributed by atoms with Crippen LogP contribution in [0.25, 0.3) is 11.4 Å². The lowest BCUT2D eigenvalue weighted by Crippen LogP contribution is -2.30. The summed E-state index contributed by atoms with van der Waals surface area (Å²) in [7, 11) is 1.61. The highest BCUT2D eigenvalue weighted by atomic mass is 35.5. The summed E-state index contributed by atoms with van der Waals surface area (Å²) in [6.45, 7) is 0.605. The highest BCUT2D eigenvalue weighted by molar-refractivity contribution is 6.35. The van der Waals surface area contributed by atoms with Crippen LogP contribution >= 0.6 is 23.2 Å². The van der Waals surface area contributed by atoms with Crippen molar-refractivity contribution >= 4 is 29.1 Å². The SMILES string of the molecule is COc1ccc(-c2noc(C3CCCN3C(=O)c3cc(Cl)cc(Cl)c3)n2)cc1. The van der Waals surface area contributed by atoms with Crippen LogP contribution in [-0.4, -0.2) is 34.6 Å². The van der Waals surface area contributed by atoms with Crippen LogP contribution in [0.4, 0.5) is 0 Å². The zero-order chi connectivity index (χ0) is 19.7. The summed E-state index contributed by atoms with van der Waals surface area (Å²) in [6, 6.07) is 11.9. The number of hydrogen-bond donors (Lipinski definition) is 0. The molecule has 2 heterocycles. The molecule has 1 aliphatic heterocycles. The number of ether oxygens (including phenoxy) is 1. The van der Waals surface area contributed by atoms with Gasteiger partial charge in [0.2, 0.25) is 11.7 Å². The second-order valence-corrected chi connectivity index (χ2v) is 7.37. The smallest absolute Gasteiger partial charge is 0.254 e. The molecular formula is C20H17Cl2N3O3. The van der Waals surface area contributed by atoms with Crippen molar-refractivity contribution in [3.63, 3.8) is 0 Å². The van der Waals surface area contributed by atoms with E-state index in [1.165, 1.54) is 0 Å². The van der Waals surface area contributed by atoms with Crippen LogP contribution in [0, 0.1) is 0 Å². The zero-order valence-electron chi connectivity index (χ0n) is 15.1. The summed E-state index contributed by atoms with van der Waals surface area (Å²) < 4.78 is 10.6. The van der Waals surface area contributed by atoms with E-state index in [9.17, 15) is 4.79 Å². The number of hydrogen-bond acceptors (Lipinski definition) is 5. The topological polar surface area (TPSA) is 68.5 Å². The van der Waals surface area contributed by atoms with Crippen molar-refractivity contribution in [2.24, 2.45) is 0 Å². The average molecular weight is 418 g/mol. The number of rotatable bonds is 4. The molecule has 144 valence electrons.